The molecule has 1 aliphatic heterocycles. The minimum atomic E-state index is -1.60. The summed E-state index contributed by atoms with van der Waals surface area (Å²) >= 11 is 0. The van der Waals surface area contributed by atoms with Gasteiger partial charge < -0.3 is 10.0 Å². The fraction of sp³-hybridized carbons (Fsp3) is 0.300. The van der Waals surface area contributed by atoms with Gasteiger partial charge in [-0.15, -0.1) is 6.58 Å². The predicted octanol–water partition coefficient (Wildman–Crippen LogP) is -1.30. The monoisotopic (exact) mass is 233 g/mol. The maximum atomic E-state index is 11.7. The Bertz CT molecular complexity index is 435. The van der Waals surface area contributed by atoms with Crippen molar-refractivity contribution in [3.63, 3.8) is 0 Å². The van der Waals surface area contributed by atoms with Crippen LogP contribution < -0.4 is 10.4 Å². The predicted molar refractivity (Wildman–Crippen MR) is 62.5 cm³/mol. The minimum Gasteiger partial charge on any atom is -0.423 e. The first-order valence-corrected chi connectivity index (χ1v) is 5.23. The van der Waals surface area contributed by atoms with Crippen LogP contribution in [0.2, 0.25) is 0 Å². The highest BCUT2D eigenvalue weighted by molar-refractivity contribution is 6.58. The molecule has 0 aromatic carbocycles. The van der Waals surface area contributed by atoms with Crippen LogP contribution in [-0.4, -0.2) is 39.6 Å². The van der Waals surface area contributed by atoms with Gasteiger partial charge in [-0.2, -0.15) is 0 Å². The van der Waals surface area contributed by atoms with E-state index in [1.165, 1.54) is 17.3 Å². The van der Waals surface area contributed by atoms with E-state index >= 15 is 0 Å². The van der Waals surface area contributed by atoms with Crippen molar-refractivity contribution < 1.29 is 14.8 Å². The zero-order chi connectivity index (χ0) is 12.4. The number of rotatable bonds is 3. The Labute approximate surface area is 98.8 Å². The smallest absolute Gasteiger partial charge is 0.423 e. The first kappa shape index (κ1) is 11.8. The van der Waals surface area contributed by atoms with Crippen LogP contribution in [0.3, 0.4) is 0 Å². The standard InChI is InChI=1S/C10H12BN3O3/c1-2-7-3-9(15)14(6-7)10-12-4-8(5-13-10)11(16)17/h2,4-5,7,16-17H,1,3,6H2. The second kappa shape index (κ2) is 4.64. The lowest BCUT2D eigenvalue weighted by Gasteiger charge is -2.13. The molecule has 0 saturated carbocycles. The highest BCUT2D eigenvalue weighted by Gasteiger charge is 2.30. The largest absolute Gasteiger partial charge is 0.491 e. The summed E-state index contributed by atoms with van der Waals surface area (Å²) in [4.78, 5) is 21.0. The number of nitrogens with zero attached hydrogens (tertiary/aromatic N) is 3. The molecular formula is C10H12BN3O3. The number of hydrogen-bond acceptors (Lipinski definition) is 5. The number of carbonyl (C=O) groups excluding carboxylic acids is 1. The van der Waals surface area contributed by atoms with Crippen molar-refractivity contribution in [3.05, 3.63) is 25.0 Å². The van der Waals surface area contributed by atoms with Gasteiger partial charge in [0, 0.05) is 36.7 Å². The second-order valence-electron chi connectivity index (χ2n) is 3.89. The number of aromatic nitrogens is 2. The van der Waals surface area contributed by atoms with Gasteiger partial charge in [0.05, 0.1) is 0 Å². The van der Waals surface area contributed by atoms with Crippen LogP contribution in [-0.2, 0) is 4.79 Å². The molecule has 0 aliphatic carbocycles. The molecule has 0 radical (unpaired) electrons. The van der Waals surface area contributed by atoms with Crippen molar-refractivity contribution in [1.29, 1.82) is 0 Å². The van der Waals surface area contributed by atoms with Crippen molar-refractivity contribution >= 4 is 24.4 Å². The Morgan fingerprint density at radius 1 is 1.47 bits per heavy atom. The van der Waals surface area contributed by atoms with E-state index in [0.717, 1.165) is 0 Å². The number of amides is 1. The molecule has 0 spiro atoms. The Hall–Kier alpha value is -1.73. The molecule has 0 bridgehead atoms. The van der Waals surface area contributed by atoms with E-state index in [1.807, 2.05) is 0 Å². The van der Waals surface area contributed by atoms with Crippen molar-refractivity contribution in [2.24, 2.45) is 5.92 Å². The molecule has 2 rings (SSSR count). The van der Waals surface area contributed by atoms with Crippen molar-refractivity contribution in [3.8, 4) is 0 Å². The van der Waals surface area contributed by atoms with Gasteiger partial charge in [0.1, 0.15) is 0 Å². The molecule has 88 valence electrons. The van der Waals surface area contributed by atoms with Gasteiger partial charge in [0.25, 0.3) is 0 Å². The topological polar surface area (TPSA) is 86.6 Å². The molecule has 1 unspecified atom stereocenters. The maximum absolute atomic E-state index is 11.7. The van der Waals surface area contributed by atoms with E-state index in [4.69, 9.17) is 10.0 Å². The zero-order valence-corrected chi connectivity index (χ0v) is 9.15. The molecule has 6 nitrogen and oxygen atoms in total. The SMILES string of the molecule is C=CC1CC(=O)N(c2ncc(B(O)O)cn2)C1. The molecule has 17 heavy (non-hydrogen) atoms. The number of anilines is 1. The molecular weight excluding hydrogens is 221 g/mol. The van der Waals surface area contributed by atoms with E-state index in [1.54, 1.807) is 6.08 Å². The lowest BCUT2D eigenvalue weighted by molar-refractivity contribution is -0.117. The summed E-state index contributed by atoms with van der Waals surface area (Å²) in [6.07, 6.45) is 4.74. The van der Waals surface area contributed by atoms with Gasteiger partial charge in [0.2, 0.25) is 11.9 Å². The molecule has 7 heteroatoms. The zero-order valence-electron chi connectivity index (χ0n) is 9.15. The van der Waals surface area contributed by atoms with Crippen LogP contribution in [0.15, 0.2) is 25.0 Å². The molecule has 1 fully saturated rings. The Morgan fingerprint density at radius 2 is 2.12 bits per heavy atom. The molecule has 2 heterocycles. The summed E-state index contributed by atoms with van der Waals surface area (Å²) < 4.78 is 0. The third kappa shape index (κ3) is 2.35. The van der Waals surface area contributed by atoms with Crippen LogP contribution in [0.4, 0.5) is 5.95 Å². The average molecular weight is 233 g/mol. The van der Waals surface area contributed by atoms with Crippen molar-refractivity contribution in [1.82, 2.24) is 9.97 Å². The van der Waals surface area contributed by atoms with E-state index in [0.29, 0.717) is 13.0 Å². The van der Waals surface area contributed by atoms with Crippen LogP contribution in [0, 0.1) is 5.92 Å². The minimum absolute atomic E-state index is 0.0489. The lowest BCUT2D eigenvalue weighted by atomic mass is 9.83. The first-order valence-electron chi connectivity index (χ1n) is 5.23. The third-order valence-corrected chi connectivity index (χ3v) is 2.69. The second-order valence-corrected chi connectivity index (χ2v) is 3.89. The summed E-state index contributed by atoms with van der Waals surface area (Å²) in [6.45, 7) is 4.17. The molecule has 2 N–H and O–H groups in total. The summed E-state index contributed by atoms with van der Waals surface area (Å²) in [6, 6.07) is 0. The normalized spacial score (nSPS) is 19.5. The van der Waals surface area contributed by atoms with Crippen LogP contribution in [0.25, 0.3) is 0 Å². The van der Waals surface area contributed by atoms with E-state index in [9.17, 15) is 4.79 Å². The van der Waals surface area contributed by atoms with Crippen molar-refractivity contribution in [2.45, 2.75) is 6.42 Å². The highest BCUT2D eigenvalue weighted by atomic mass is 16.4. The third-order valence-electron chi connectivity index (χ3n) is 2.69. The molecule has 1 amide bonds. The van der Waals surface area contributed by atoms with Gasteiger partial charge in [-0.1, -0.05) is 6.08 Å². The van der Waals surface area contributed by atoms with E-state index in [2.05, 4.69) is 16.5 Å². The molecule has 1 aromatic heterocycles. The van der Waals surface area contributed by atoms with Crippen LogP contribution >= 0.6 is 0 Å². The highest BCUT2D eigenvalue weighted by Crippen LogP contribution is 2.21. The first-order chi connectivity index (χ1) is 8.11. The molecule has 1 aromatic rings. The van der Waals surface area contributed by atoms with Crippen molar-refractivity contribution in [2.75, 3.05) is 11.4 Å². The molecule has 1 saturated heterocycles. The summed E-state index contributed by atoms with van der Waals surface area (Å²) in [5, 5.41) is 17.8. The summed E-state index contributed by atoms with van der Waals surface area (Å²) in [7, 11) is -1.60. The van der Waals surface area contributed by atoms with Gasteiger partial charge in [0.15, 0.2) is 0 Å². The Kier molecular flexibility index (Phi) is 3.21. The number of carbonyl (C=O) groups is 1. The van der Waals surface area contributed by atoms with Gasteiger partial charge in [-0.25, -0.2) is 9.97 Å². The molecule has 1 aliphatic rings. The van der Waals surface area contributed by atoms with Gasteiger partial charge in [-0.3, -0.25) is 9.69 Å². The van der Waals surface area contributed by atoms with E-state index < -0.39 is 7.12 Å². The molecule has 1 atom stereocenters. The lowest BCUT2D eigenvalue weighted by Crippen LogP contribution is -2.33. The van der Waals surface area contributed by atoms with Crippen LogP contribution in [0.5, 0.6) is 0 Å². The Morgan fingerprint density at radius 3 is 2.59 bits per heavy atom. The van der Waals surface area contributed by atoms with Crippen LogP contribution in [0.1, 0.15) is 6.42 Å². The number of hydrogen-bond donors (Lipinski definition) is 2. The average Bonchev–Trinajstić information content (AvgIpc) is 2.71. The van der Waals surface area contributed by atoms with Gasteiger partial charge in [-0.05, 0) is 0 Å². The fourth-order valence-corrected chi connectivity index (χ4v) is 1.69. The summed E-state index contributed by atoms with van der Waals surface area (Å²) in [5.74, 6) is 0.352. The maximum Gasteiger partial charge on any atom is 0.491 e. The van der Waals surface area contributed by atoms with Gasteiger partial charge >= 0.3 is 7.12 Å². The quantitative estimate of drug-likeness (QED) is 0.500. The fourth-order valence-electron chi connectivity index (χ4n) is 1.69. The summed E-state index contributed by atoms with van der Waals surface area (Å²) in [5.41, 5.74) is 0.195. The Balaban J connectivity index is 2.18. The van der Waals surface area contributed by atoms with E-state index in [-0.39, 0.29) is 23.2 Å².